The van der Waals surface area contributed by atoms with E-state index in [1.165, 1.54) is 22.5 Å². The normalized spacial score (nSPS) is 10.7. The lowest BCUT2D eigenvalue weighted by Crippen LogP contribution is -2.13. The second-order valence-electron chi connectivity index (χ2n) is 6.13. The lowest BCUT2D eigenvalue weighted by atomic mass is 10.0. The molecule has 0 spiro atoms. The third-order valence-electron chi connectivity index (χ3n) is 4.01. The molecule has 1 heterocycles. The Morgan fingerprint density at radius 3 is 2.29 bits per heavy atom. The first kappa shape index (κ1) is 16.4. The van der Waals surface area contributed by atoms with E-state index in [2.05, 4.69) is 42.3 Å². The van der Waals surface area contributed by atoms with Gasteiger partial charge in [-0.2, -0.15) is 0 Å². The maximum absolute atomic E-state index is 12.5. The van der Waals surface area contributed by atoms with E-state index in [1.54, 1.807) is 0 Å². The van der Waals surface area contributed by atoms with Gasteiger partial charge in [-0.25, -0.2) is 4.98 Å². The summed E-state index contributed by atoms with van der Waals surface area (Å²) < 4.78 is 0. The van der Waals surface area contributed by atoms with Gasteiger partial charge in [0.1, 0.15) is 0 Å². The summed E-state index contributed by atoms with van der Waals surface area (Å²) in [5, 5.41) is 5.51. The van der Waals surface area contributed by atoms with Crippen molar-refractivity contribution >= 4 is 22.4 Å². The average molecular weight is 336 g/mol. The van der Waals surface area contributed by atoms with Crippen molar-refractivity contribution in [2.45, 2.75) is 27.7 Å². The summed E-state index contributed by atoms with van der Waals surface area (Å²) in [6, 6.07) is 12.1. The maximum Gasteiger partial charge on any atom is 0.257 e. The number of amides is 1. The van der Waals surface area contributed by atoms with E-state index >= 15 is 0 Å². The molecule has 0 saturated carbocycles. The van der Waals surface area contributed by atoms with Gasteiger partial charge < -0.3 is 0 Å². The zero-order chi connectivity index (χ0) is 17.3. The van der Waals surface area contributed by atoms with Crippen LogP contribution in [0, 0.1) is 27.7 Å². The minimum Gasteiger partial charge on any atom is -0.298 e. The van der Waals surface area contributed by atoms with E-state index in [0.29, 0.717) is 10.7 Å². The van der Waals surface area contributed by atoms with Gasteiger partial charge in [0.2, 0.25) is 0 Å². The third-order valence-corrected chi connectivity index (χ3v) is 4.77. The van der Waals surface area contributed by atoms with Crippen LogP contribution in [0.25, 0.3) is 11.3 Å². The van der Waals surface area contributed by atoms with Crippen molar-refractivity contribution in [3.63, 3.8) is 0 Å². The molecular weight excluding hydrogens is 316 g/mol. The molecule has 0 aliphatic rings. The molecule has 3 aromatic rings. The van der Waals surface area contributed by atoms with Crippen molar-refractivity contribution < 1.29 is 4.79 Å². The zero-order valence-corrected chi connectivity index (χ0v) is 15.1. The molecule has 3 rings (SSSR count). The van der Waals surface area contributed by atoms with Crippen LogP contribution >= 0.6 is 11.3 Å². The SMILES string of the molecule is Cc1ccc(C(=O)Nc2nc(-c3ccc(C)cc3C)cs2)c(C)c1. The van der Waals surface area contributed by atoms with Crippen molar-refractivity contribution in [2.24, 2.45) is 0 Å². The van der Waals surface area contributed by atoms with Gasteiger partial charge in [0.05, 0.1) is 5.69 Å². The molecule has 4 heteroatoms. The van der Waals surface area contributed by atoms with E-state index in [1.807, 2.05) is 37.4 Å². The summed E-state index contributed by atoms with van der Waals surface area (Å²) >= 11 is 1.45. The molecule has 3 nitrogen and oxygen atoms in total. The Balaban J connectivity index is 1.82. The second kappa shape index (κ2) is 6.57. The van der Waals surface area contributed by atoms with Crippen LogP contribution in [0.4, 0.5) is 5.13 Å². The highest BCUT2D eigenvalue weighted by Crippen LogP contribution is 2.28. The number of nitrogens with one attached hydrogen (secondary N) is 1. The standard InChI is InChI=1S/C20H20N2OS/c1-12-5-7-16(14(3)9-12)18-11-24-20(21-18)22-19(23)17-8-6-13(2)10-15(17)4/h5-11H,1-4H3,(H,21,22,23). The molecule has 0 saturated heterocycles. The molecule has 0 fully saturated rings. The molecule has 0 aliphatic heterocycles. The number of hydrogen-bond acceptors (Lipinski definition) is 3. The van der Waals surface area contributed by atoms with Crippen molar-refractivity contribution in [1.82, 2.24) is 4.98 Å². The zero-order valence-electron chi connectivity index (χ0n) is 14.3. The molecule has 0 radical (unpaired) electrons. The molecule has 0 unspecified atom stereocenters. The van der Waals surface area contributed by atoms with Crippen LogP contribution in [-0.4, -0.2) is 10.9 Å². The summed E-state index contributed by atoms with van der Waals surface area (Å²) in [5.74, 6) is -0.117. The smallest absolute Gasteiger partial charge is 0.257 e. The number of carbonyl (C=O) groups excluding carboxylic acids is 1. The quantitative estimate of drug-likeness (QED) is 0.705. The molecule has 24 heavy (non-hydrogen) atoms. The summed E-state index contributed by atoms with van der Waals surface area (Å²) in [5.41, 5.74) is 7.22. The van der Waals surface area contributed by atoms with Crippen LogP contribution in [0.15, 0.2) is 41.8 Å². The second-order valence-corrected chi connectivity index (χ2v) is 6.99. The minimum absolute atomic E-state index is 0.117. The molecule has 1 N–H and O–H groups in total. The number of benzene rings is 2. The van der Waals surface area contributed by atoms with Gasteiger partial charge in [0.15, 0.2) is 5.13 Å². The van der Waals surface area contributed by atoms with Crippen molar-refractivity contribution in [2.75, 3.05) is 5.32 Å². The number of rotatable bonds is 3. The number of aryl methyl sites for hydroxylation is 4. The average Bonchev–Trinajstić information content (AvgIpc) is 2.95. The summed E-state index contributed by atoms with van der Waals surface area (Å²) in [4.78, 5) is 17.0. The fourth-order valence-electron chi connectivity index (χ4n) is 2.79. The Kier molecular flexibility index (Phi) is 4.49. The van der Waals surface area contributed by atoms with Crippen LogP contribution in [0.3, 0.4) is 0 Å². The van der Waals surface area contributed by atoms with E-state index in [4.69, 9.17) is 0 Å². The van der Waals surface area contributed by atoms with E-state index in [9.17, 15) is 4.79 Å². The van der Waals surface area contributed by atoms with Crippen molar-refractivity contribution in [3.05, 3.63) is 69.6 Å². The Morgan fingerprint density at radius 2 is 1.62 bits per heavy atom. The summed E-state index contributed by atoms with van der Waals surface area (Å²) in [7, 11) is 0. The third kappa shape index (κ3) is 3.39. The number of nitrogens with zero attached hydrogens (tertiary/aromatic N) is 1. The van der Waals surface area contributed by atoms with Gasteiger partial charge in [-0.15, -0.1) is 11.3 Å². The first-order valence-corrected chi connectivity index (χ1v) is 8.74. The molecule has 1 aromatic heterocycles. The van der Waals surface area contributed by atoms with E-state index in [0.717, 1.165) is 22.4 Å². The van der Waals surface area contributed by atoms with Crippen LogP contribution in [0.1, 0.15) is 32.6 Å². The first-order chi connectivity index (χ1) is 11.4. The number of carbonyl (C=O) groups is 1. The van der Waals surface area contributed by atoms with Gasteiger partial charge in [-0.05, 0) is 44.9 Å². The van der Waals surface area contributed by atoms with Gasteiger partial charge in [0.25, 0.3) is 5.91 Å². The number of anilines is 1. The molecule has 1 amide bonds. The molecule has 0 bridgehead atoms. The monoisotopic (exact) mass is 336 g/mol. The van der Waals surface area contributed by atoms with Crippen molar-refractivity contribution in [1.29, 1.82) is 0 Å². The van der Waals surface area contributed by atoms with Crippen LogP contribution in [0.2, 0.25) is 0 Å². The highest BCUT2D eigenvalue weighted by molar-refractivity contribution is 7.14. The van der Waals surface area contributed by atoms with Gasteiger partial charge in [0, 0.05) is 16.5 Å². The topological polar surface area (TPSA) is 42.0 Å². The molecular formula is C20H20N2OS. The van der Waals surface area contributed by atoms with E-state index < -0.39 is 0 Å². The molecule has 0 atom stereocenters. The maximum atomic E-state index is 12.5. The Bertz CT molecular complexity index is 912. The molecule has 0 aliphatic carbocycles. The highest BCUT2D eigenvalue weighted by atomic mass is 32.1. The lowest BCUT2D eigenvalue weighted by molar-refractivity contribution is 0.102. The summed E-state index contributed by atoms with van der Waals surface area (Å²) in [6.45, 7) is 8.12. The molecule has 122 valence electrons. The van der Waals surface area contributed by atoms with Gasteiger partial charge in [-0.3, -0.25) is 10.1 Å². The van der Waals surface area contributed by atoms with Gasteiger partial charge >= 0.3 is 0 Å². The number of thiazole rings is 1. The van der Waals surface area contributed by atoms with Crippen LogP contribution < -0.4 is 5.32 Å². The Hall–Kier alpha value is -2.46. The Morgan fingerprint density at radius 1 is 0.958 bits per heavy atom. The van der Waals surface area contributed by atoms with Crippen molar-refractivity contribution in [3.8, 4) is 11.3 Å². The van der Waals surface area contributed by atoms with Crippen LogP contribution in [0.5, 0.6) is 0 Å². The van der Waals surface area contributed by atoms with Gasteiger partial charge in [-0.1, -0.05) is 41.5 Å². The predicted molar refractivity (Wildman–Crippen MR) is 101 cm³/mol. The lowest BCUT2D eigenvalue weighted by Gasteiger charge is -2.06. The Labute approximate surface area is 146 Å². The highest BCUT2D eigenvalue weighted by Gasteiger charge is 2.13. The van der Waals surface area contributed by atoms with Crippen LogP contribution in [-0.2, 0) is 0 Å². The largest absolute Gasteiger partial charge is 0.298 e. The fraction of sp³-hybridized carbons (Fsp3) is 0.200. The minimum atomic E-state index is -0.117. The fourth-order valence-corrected chi connectivity index (χ4v) is 3.49. The number of hydrogen-bond donors (Lipinski definition) is 1. The predicted octanol–water partition coefficient (Wildman–Crippen LogP) is 5.30. The molecule has 2 aromatic carbocycles. The first-order valence-electron chi connectivity index (χ1n) is 7.86. The number of aromatic nitrogens is 1. The van der Waals surface area contributed by atoms with E-state index in [-0.39, 0.29) is 5.91 Å². The summed E-state index contributed by atoms with van der Waals surface area (Å²) in [6.07, 6.45) is 0.